The van der Waals surface area contributed by atoms with Gasteiger partial charge in [-0.1, -0.05) is 48.5 Å². The molecule has 1 unspecified atom stereocenters. The van der Waals surface area contributed by atoms with E-state index in [0.29, 0.717) is 10.9 Å². The maximum absolute atomic E-state index is 12.7. The first kappa shape index (κ1) is 15.2. The van der Waals surface area contributed by atoms with Crippen molar-refractivity contribution in [2.75, 3.05) is 5.32 Å². The Bertz CT molecular complexity index is 772. The predicted octanol–water partition coefficient (Wildman–Crippen LogP) is 4.21. The van der Waals surface area contributed by atoms with Crippen LogP contribution in [0.15, 0.2) is 66.9 Å². The van der Waals surface area contributed by atoms with Gasteiger partial charge in [0.1, 0.15) is 5.75 Å². The number of nitrogens with zero attached hydrogens (tertiary/aromatic N) is 1. The molecule has 0 spiro atoms. The minimum atomic E-state index is -0.734. The predicted molar refractivity (Wildman–Crippen MR) is 91.7 cm³/mol. The molecule has 1 heterocycles. The largest absolute Gasteiger partial charge is 0.476 e. The van der Waals surface area contributed by atoms with Crippen molar-refractivity contribution in [1.29, 1.82) is 0 Å². The van der Waals surface area contributed by atoms with Crippen molar-refractivity contribution in [3.8, 4) is 5.75 Å². The fraction of sp³-hybridized carbons (Fsp3) is 0.111. The maximum Gasteiger partial charge on any atom is 0.271 e. The highest BCUT2D eigenvalue weighted by atomic mass is 32.1. The maximum atomic E-state index is 12.7. The van der Waals surface area contributed by atoms with Crippen molar-refractivity contribution < 1.29 is 9.53 Å². The van der Waals surface area contributed by atoms with Gasteiger partial charge in [-0.25, -0.2) is 4.98 Å². The van der Waals surface area contributed by atoms with Crippen LogP contribution in [0.25, 0.3) is 0 Å². The van der Waals surface area contributed by atoms with E-state index in [1.54, 1.807) is 6.20 Å². The second-order valence-electron chi connectivity index (χ2n) is 4.99. The van der Waals surface area contributed by atoms with Crippen LogP contribution in [0.5, 0.6) is 5.75 Å². The molecule has 5 heteroatoms. The van der Waals surface area contributed by atoms with Gasteiger partial charge in [-0.2, -0.15) is 0 Å². The molecule has 0 saturated heterocycles. The van der Waals surface area contributed by atoms with Crippen LogP contribution in [0.4, 0.5) is 5.13 Å². The Morgan fingerprint density at radius 2 is 1.74 bits per heavy atom. The fourth-order valence-corrected chi connectivity index (χ4v) is 2.79. The second-order valence-corrected chi connectivity index (χ2v) is 6.22. The van der Waals surface area contributed by atoms with E-state index in [0.717, 1.165) is 10.4 Å². The molecule has 0 fully saturated rings. The number of aryl methyl sites for hydroxylation is 1. The Morgan fingerprint density at radius 3 is 2.35 bits per heavy atom. The van der Waals surface area contributed by atoms with Crippen molar-refractivity contribution in [1.82, 2.24) is 4.98 Å². The van der Waals surface area contributed by atoms with Crippen molar-refractivity contribution >= 4 is 22.4 Å². The molecule has 0 aliphatic rings. The Labute approximate surface area is 138 Å². The van der Waals surface area contributed by atoms with E-state index in [1.165, 1.54) is 11.3 Å². The molecule has 1 aromatic heterocycles. The van der Waals surface area contributed by atoms with E-state index in [9.17, 15) is 4.79 Å². The molecule has 116 valence electrons. The molecule has 1 atom stereocenters. The molecule has 0 bridgehead atoms. The fourth-order valence-electron chi connectivity index (χ4n) is 2.12. The lowest BCUT2D eigenvalue weighted by molar-refractivity contribution is -0.123. The Balaban J connectivity index is 1.84. The second kappa shape index (κ2) is 7.07. The van der Waals surface area contributed by atoms with Gasteiger partial charge in [0.05, 0.1) is 0 Å². The van der Waals surface area contributed by atoms with Crippen LogP contribution < -0.4 is 10.1 Å². The number of aromatic nitrogens is 1. The molecule has 1 N–H and O–H groups in total. The van der Waals surface area contributed by atoms with E-state index in [4.69, 9.17) is 4.74 Å². The zero-order valence-electron chi connectivity index (χ0n) is 12.6. The average Bonchev–Trinajstić information content (AvgIpc) is 2.99. The quantitative estimate of drug-likeness (QED) is 0.765. The van der Waals surface area contributed by atoms with Gasteiger partial charge in [0, 0.05) is 16.6 Å². The first-order valence-electron chi connectivity index (χ1n) is 7.22. The number of para-hydroxylation sites is 1. The van der Waals surface area contributed by atoms with Crippen molar-refractivity contribution in [3.63, 3.8) is 0 Å². The molecular formula is C18H16N2O2S. The zero-order valence-corrected chi connectivity index (χ0v) is 13.4. The van der Waals surface area contributed by atoms with E-state index in [-0.39, 0.29) is 5.91 Å². The first-order chi connectivity index (χ1) is 11.2. The van der Waals surface area contributed by atoms with Gasteiger partial charge in [0.25, 0.3) is 5.91 Å². The Morgan fingerprint density at radius 1 is 1.09 bits per heavy atom. The molecule has 2 aromatic carbocycles. The van der Waals surface area contributed by atoms with E-state index in [2.05, 4.69) is 10.3 Å². The minimum absolute atomic E-state index is 0.241. The number of thiazole rings is 1. The number of anilines is 1. The third-order valence-electron chi connectivity index (χ3n) is 3.19. The number of hydrogen-bond acceptors (Lipinski definition) is 4. The van der Waals surface area contributed by atoms with Gasteiger partial charge in [-0.3, -0.25) is 10.1 Å². The lowest BCUT2D eigenvalue weighted by Crippen LogP contribution is -2.25. The van der Waals surface area contributed by atoms with Crippen LogP contribution in [0.3, 0.4) is 0 Å². The lowest BCUT2D eigenvalue weighted by atomic mass is 10.1. The van der Waals surface area contributed by atoms with Crippen LogP contribution in [0.1, 0.15) is 16.5 Å². The van der Waals surface area contributed by atoms with Crippen molar-refractivity contribution in [2.24, 2.45) is 0 Å². The van der Waals surface area contributed by atoms with Crippen molar-refractivity contribution in [3.05, 3.63) is 77.3 Å². The molecule has 0 aliphatic carbocycles. The normalized spacial score (nSPS) is 11.7. The standard InChI is InChI=1S/C18H16N2O2S/c1-13-12-19-18(23-13)20-17(21)16(14-8-4-2-5-9-14)22-15-10-6-3-7-11-15/h2-12,16H,1H3,(H,19,20,21). The van der Waals surface area contributed by atoms with Crippen LogP contribution in [0, 0.1) is 6.92 Å². The van der Waals surface area contributed by atoms with Crippen molar-refractivity contribution in [2.45, 2.75) is 13.0 Å². The van der Waals surface area contributed by atoms with E-state index >= 15 is 0 Å². The first-order valence-corrected chi connectivity index (χ1v) is 8.04. The molecule has 3 aromatic rings. The summed E-state index contributed by atoms with van der Waals surface area (Å²) in [6.45, 7) is 1.95. The summed E-state index contributed by atoms with van der Waals surface area (Å²) in [5.41, 5.74) is 0.794. The summed E-state index contributed by atoms with van der Waals surface area (Å²) in [4.78, 5) is 17.9. The van der Waals surface area contributed by atoms with Crippen LogP contribution in [-0.4, -0.2) is 10.9 Å². The number of ether oxygens (including phenoxy) is 1. The molecule has 1 amide bonds. The summed E-state index contributed by atoms with van der Waals surface area (Å²) in [5.74, 6) is 0.404. The molecule has 4 nitrogen and oxygen atoms in total. The minimum Gasteiger partial charge on any atom is -0.476 e. The summed E-state index contributed by atoms with van der Waals surface area (Å²) in [6.07, 6.45) is 0.998. The molecule has 0 aliphatic heterocycles. The summed E-state index contributed by atoms with van der Waals surface area (Å²) in [5, 5.41) is 3.40. The van der Waals surface area contributed by atoms with Crippen LogP contribution in [0.2, 0.25) is 0 Å². The van der Waals surface area contributed by atoms with E-state index < -0.39 is 6.10 Å². The van der Waals surface area contributed by atoms with Gasteiger partial charge in [-0.15, -0.1) is 11.3 Å². The molecular weight excluding hydrogens is 308 g/mol. The highest BCUT2D eigenvalue weighted by Crippen LogP contribution is 2.24. The third kappa shape index (κ3) is 3.96. The van der Waals surface area contributed by atoms with Gasteiger partial charge >= 0.3 is 0 Å². The van der Waals surface area contributed by atoms with Gasteiger partial charge < -0.3 is 4.74 Å². The number of hydrogen-bond donors (Lipinski definition) is 1. The number of nitrogens with one attached hydrogen (secondary N) is 1. The van der Waals surface area contributed by atoms with Gasteiger partial charge in [0.15, 0.2) is 5.13 Å². The summed E-state index contributed by atoms with van der Waals surface area (Å²) in [7, 11) is 0. The highest BCUT2D eigenvalue weighted by Gasteiger charge is 2.23. The molecule has 3 rings (SSSR count). The number of carbonyl (C=O) groups excluding carboxylic acids is 1. The molecule has 0 saturated carbocycles. The summed E-state index contributed by atoms with van der Waals surface area (Å²) >= 11 is 1.44. The number of carbonyl (C=O) groups is 1. The van der Waals surface area contributed by atoms with Crippen LogP contribution >= 0.6 is 11.3 Å². The summed E-state index contributed by atoms with van der Waals surface area (Å²) in [6, 6.07) is 18.7. The van der Waals surface area contributed by atoms with Crippen LogP contribution in [-0.2, 0) is 4.79 Å². The van der Waals surface area contributed by atoms with Gasteiger partial charge in [-0.05, 0) is 19.1 Å². The van der Waals surface area contributed by atoms with Gasteiger partial charge in [0.2, 0.25) is 6.10 Å². The van der Waals surface area contributed by atoms with E-state index in [1.807, 2.05) is 67.6 Å². The lowest BCUT2D eigenvalue weighted by Gasteiger charge is -2.18. The smallest absolute Gasteiger partial charge is 0.271 e. The number of rotatable bonds is 5. The SMILES string of the molecule is Cc1cnc(NC(=O)C(Oc2ccccc2)c2ccccc2)s1. The monoisotopic (exact) mass is 324 g/mol. The zero-order chi connectivity index (χ0) is 16.1. The Hall–Kier alpha value is -2.66. The summed E-state index contributed by atoms with van der Waals surface area (Å²) < 4.78 is 5.91. The number of amides is 1. The molecule has 23 heavy (non-hydrogen) atoms. The molecule has 0 radical (unpaired) electrons. The Kier molecular flexibility index (Phi) is 4.68. The average molecular weight is 324 g/mol. The third-order valence-corrected chi connectivity index (χ3v) is 4.02. The highest BCUT2D eigenvalue weighted by molar-refractivity contribution is 7.15. The number of benzene rings is 2. The topological polar surface area (TPSA) is 51.2 Å².